The molecular formula is C9H8N2O4S. The summed E-state index contributed by atoms with van der Waals surface area (Å²) in [5.74, 6) is -0.779. The summed E-state index contributed by atoms with van der Waals surface area (Å²) in [6, 6.07) is 6.55. The molecule has 0 amide bonds. The molecule has 0 aliphatic carbocycles. The van der Waals surface area contributed by atoms with E-state index in [-0.39, 0.29) is 5.82 Å². The van der Waals surface area contributed by atoms with E-state index < -0.39 is 21.4 Å². The Bertz CT molecular complexity index is 690. The van der Waals surface area contributed by atoms with Crippen LogP contribution in [0.5, 0.6) is 0 Å². The van der Waals surface area contributed by atoms with Gasteiger partial charge in [0.1, 0.15) is 11.6 Å². The lowest BCUT2D eigenvalue weighted by molar-refractivity contribution is 0.481. The minimum atomic E-state index is -4.20. The highest BCUT2D eigenvalue weighted by molar-refractivity contribution is 7.84. The molecule has 0 unspecified atom stereocenters. The zero-order valence-electron chi connectivity index (χ0n) is 8.04. The van der Waals surface area contributed by atoms with Crippen LogP contribution in [0.15, 0.2) is 29.1 Å². The summed E-state index contributed by atoms with van der Waals surface area (Å²) in [7, 11) is -4.20. The molecule has 0 aliphatic heterocycles. The number of fused-ring (bicyclic) bond motifs is 1. The summed E-state index contributed by atoms with van der Waals surface area (Å²) >= 11 is 0. The van der Waals surface area contributed by atoms with Crippen molar-refractivity contribution in [3.63, 3.8) is 0 Å². The molecule has 0 fully saturated rings. The van der Waals surface area contributed by atoms with Crippen LogP contribution in [0.1, 0.15) is 5.82 Å². The van der Waals surface area contributed by atoms with Crippen LogP contribution in [0.25, 0.3) is 10.9 Å². The highest BCUT2D eigenvalue weighted by Crippen LogP contribution is 2.06. The highest BCUT2D eigenvalue weighted by atomic mass is 32.2. The van der Waals surface area contributed by atoms with Gasteiger partial charge in [-0.05, 0) is 12.1 Å². The molecule has 6 nitrogen and oxygen atoms in total. The van der Waals surface area contributed by atoms with Crippen LogP contribution in [0.3, 0.4) is 0 Å². The molecule has 1 heterocycles. The first-order chi connectivity index (χ1) is 7.46. The van der Waals surface area contributed by atoms with Gasteiger partial charge in [-0.3, -0.25) is 9.35 Å². The fourth-order valence-electron chi connectivity index (χ4n) is 1.38. The molecule has 0 saturated carbocycles. The monoisotopic (exact) mass is 240 g/mol. The molecule has 2 aromatic rings. The number of nitrogens with zero attached hydrogens (tertiary/aromatic N) is 1. The van der Waals surface area contributed by atoms with Crippen molar-refractivity contribution in [1.82, 2.24) is 9.97 Å². The molecule has 84 valence electrons. The highest BCUT2D eigenvalue weighted by Gasteiger charge is 2.10. The molecule has 0 aliphatic rings. The maximum Gasteiger partial charge on any atom is 0.272 e. The second-order valence-corrected chi connectivity index (χ2v) is 4.71. The lowest BCUT2D eigenvalue weighted by Gasteiger charge is -2.00. The zero-order chi connectivity index (χ0) is 11.8. The van der Waals surface area contributed by atoms with Gasteiger partial charge < -0.3 is 4.98 Å². The summed E-state index contributed by atoms with van der Waals surface area (Å²) < 4.78 is 29.9. The molecule has 2 N–H and O–H groups in total. The van der Waals surface area contributed by atoms with Crippen LogP contribution >= 0.6 is 0 Å². The van der Waals surface area contributed by atoms with Crippen LogP contribution in [0.4, 0.5) is 0 Å². The van der Waals surface area contributed by atoms with Crippen LogP contribution < -0.4 is 5.56 Å². The average molecular weight is 240 g/mol. The third-order valence-corrected chi connectivity index (χ3v) is 2.62. The normalized spacial score (nSPS) is 11.8. The maximum absolute atomic E-state index is 11.5. The van der Waals surface area contributed by atoms with E-state index in [0.717, 1.165) is 0 Å². The molecule has 7 heteroatoms. The van der Waals surface area contributed by atoms with Crippen molar-refractivity contribution in [2.24, 2.45) is 0 Å². The summed E-state index contributed by atoms with van der Waals surface area (Å²) in [5, 5.41) is 0.376. The summed E-state index contributed by atoms with van der Waals surface area (Å²) in [6.07, 6.45) is 0. The second kappa shape index (κ2) is 3.69. The van der Waals surface area contributed by atoms with E-state index in [1.54, 1.807) is 24.3 Å². The minimum absolute atomic E-state index is 0.0776. The number of benzene rings is 1. The van der Waals surface area contributed by atoms with Gasteiger partial charge >= 0.3 is 0 Å². The van der Waals surface area contributed by atoms with Crippen LogP contribution in [0, 0.1) is 0 Å². The predicted octanol–water partition coefficient (Wildman–Crippen LogP) is 0.311. The quantitative estimate of drug-likeness (QED) is 0.736. The van der Waals surface area contributed by atoms with Gasteiger partial charge in [-0.15, -0.1) is 0 Å². The van der Waals surface area contributed by atoms with Crippen LogP contribution in [0.2, 0.25) is 0 Å². The number of hydrogen-bond donors (Lipinski definition) is 2. The van der Waals surface area contributed by atoms with Gasteiger partial charge in [0.2, 0.25) is 0 Å². The van der Waals surface area contributed by atoms with Gasteiger partial charge in [-0.1, -0.05) is 12.1 Å². The van der Waals surface area contributed by atoms with E-state index in [0.29, 0.717) is 10.9 Å². The van der Waals surface area contributed by atoms with Crippen molar-refractivity contribution >= 4 is 21.0 Å². The Labute approximate surface area is 90.7 Å². The van der Waals surface area contributed by atoms with Crippen molar-refractivity contribution < 1.29 is 13.0 Å². The first-order valence-corrected chi connectivity index (χ1v) is 6.00. The van der Waals surface area contributed by atoms with Crippen molar-refractivity contribution in [2.75, 3.05) is 0 Å². The summed E-state index contributed by atoms with van der Waals surface area (Å²) in [6.45, 7) is 0. The third-order valence-electron chi connectivity index (χ3n) is 1.98. The Hall–Kier alpha value is -1.73. The van der Waals surface area contributed by atoms with Gasteiger partial charge in [0.25, 0.3) is 15.7 Å². The lowest BCUT2D eigenvalue weighted by atomic mass is 10.2. The van der Waals surface area contributed by atoms with E-state index in [1.165, 1.54) is 0 Å². The fourth-order valence-corrected chi connectivity index (χ4v) is 1.86. The molecule has 2 rings (SSSR count). The van der Waals surface area contributed by atoms with E-state index in [2.05, 4.69) is 9.97 Å². The van der Waals surface area contributed by atoms with Gasteiger partial charge in [0, 0.05) is 0 Å². The lowest BCUT2D eigenvalue weighted by Crippen LogP contribution is -2.14. The number of para-hydroxylation sites is 1. The molecule has 0 spiro atoms. The first-order valence-electron chi connectivity index (χ1n) is 4.39. The number of H-pyrrole nitrogens is 1. The summed E-state index contributed by atoms with van der Waals surface area (Å²) in [5.41, 5.74) is -0.0332. The Balaban J connectivity index is 2.63. The van der Waals surface area contributed by atoms with Crippen molar-refractivity contribution in [3.8, 4) is 0 Å². The topological polar surface area (TPSA) is 100 Å². The fraction of sp³-hybridized carbons (Fsp3) is 0.111. The number of nitrogens with one attached hydrogen (secondary N) is 1. The van der Waals surface area contributed by atoms with Crippen LogP contribution in [-0.4, -0.2) is 22.9 Å². The van der Waals surface area contributed by atoms with Crippen LogP contribution in [-0.2, 0) is 15.9 Å². The Morgan fingerprint density at radius 1 is 1.31 bits per heavy atom. The van der Waals surface area contributed by atoms with Crippen molar-refractivity contribution in [3.05, 3.63) is 40.4 Å². The zero-order valence-corrected chi connectivity index (χ0v) is 8.86. The van der Waals surface area contributed by atoms with E-state index in [9.17, 15) is 13.2 Å². The number of aromatic amines is 1. The SMILES string of the molecule is O=c1[nH]c(CS(=O)(=O)O)nc2ccccc12. The van der Waals surface area contributed by atoms with E-state index in [1.807, 2.05) is 0 Å². The van der Waals surface area contributed by atoms with Gasteiger partial charge in [0.05, 0.1) is 10.9 Å². The third kappa shape index (κ3) is 2.26. The molecule has 1 aromatic carbocycles. The largest absolute Gasteiger partial charge is 0.309 e. The number of hydrogen-bond acceptors (Lipinski definition) is 4. The molecule has 0 atom stereocenters. The number of rotatable bonds is 2. The van der Waals surface area contributed by atoms with Gasteiger partial charge in [-0.2, -0.15) is 8.42 Å². The predicted molar refractivity (Wildman–Crippen MR) is 57.6 cm³/mol. The molecule has 1 aromatic heterocycles. The smallest absolute Gasteiger partial charge is 0.272 e. The molecule has 0 radical (unpaired) electrons. The van der Waals surface area contributed by atoms with Crippen molar-refractivity contribution in [2.45, 2.75) is 5.75 Å². The minimum Gasteiger partial charge on any atom is -0.309 e. The molecule has 0 saturated heterocycles. The Kier molecular flexibility index (Phi) is 2.49. The first kappa shape index (κ1) is 10.8. The summed E-state index contributed by atoms with van der Waals surface area (Å²) in [4.78, 5) is 17.7. The average Bonchev–Trinajstić information content (AvgIpc) is 2.15. The molecule has 0 bridgehead atoms. The second-order valence-electron chi connectivity index (χ2n) is 3.26. The Morgan fingerprint density at radius 2 is 2.00 bits per heavy atom. The van der Waals surface area contributed by atoms with Gasteiger partial charge in [0.15, 0.2) is 0 Å². The van der Waals surface area contributed by atoms with E-state index >= 15 is 0 Å². The van der Waals surface area contributed by atoms with E-state index in [4.69, 9.17) is 4.55 Å². The van der Waals surface area contributed by atoms with Crippen molar-refractivity contribution in [1.29, 1.82) is 0 Å². The Morgan fingerprint density at radius 3 is 2.69 bits per heavy atom. The standard InChI is InChI=1S/C9H8N2O4S/c12-9-6-3-1-2-4-7(6)10-8(11-9)5-16(13,14)15/h1-4H,5H2,(H,10,11,12)(H,13,14,15). The maximum atomic E-state index is 11.5. The molecule has 16 heavy (non-hydrogen) atoms. The molecular weight excluding hydrogens is 232 g/mol. The number of aromatic nitrogens is 2. The van der Waals surface area contributed by atoms with Gasteiger partial charge in [-0.25, -0.2) is 4.98 Å².